The third-order valence-electron chi connectivity index (χ3n) is 2.59. The molecule has 1 saturated carbocycles. The fraction of sp³-hybridized carbons (Fsp3) is 0.600. The molecule has 0 aromatic carbocycles. The average molecular weight is 197 g/mol. The number of carbonyl (C=O) groups is 2. The van der Waals surface area contributed by atoms with Gasteiger partial charge in [0.25, 0.3) is 0 Å². The summed E-state index contributed by atoms with van der Waals surface area (Å²) in [6, 6.07) is 0.293. The number of amides is 1. The van der Waals surface area contributed by atoms with Gasteiger partial charge in [-0.1, -0.05) is 12.8 Å². The topological polar surface area (TPSA) is 57.6 Å². The van der Waals surface area contributed by atoms with Crippen molar-refractivity contribution >= 4 is 11.9 Å². The smallest absolute Gasteiger partial charge is 0.328 e. The van der Waals surface area contributed by atoms with Crippen LogP contribution in [0.5, 0.6) is 0 Å². The number of hydrogen-bond acceptors (Lipinski definition) is 2. The fourth-order valence-electron chi connectivity index (χ4n) is 1.73. The lowest BCUT2D eigenvalue weighted by Gasteiger charge is -2.22. The van der Waals surface area contributed by atoms with E-state index in [0.717, 1.165) is 37.8 Å². The van der Waals surface area contributed by atoms with Crippen molar-refractivity contribution in [2.75, 3.05) is 7.05 Å². The van der Waals surface area contributed by atoms with Crippen LogP contribution < -0.4 is 0 Å². The molecular formula is C10H15NO3. The maximum Gasteiger partial charge on any atom is 0.328 e. The molecule has 1 fully saturated rings. The van der Waals surface area contributed by atoms with Crippen molar-refractivity contribution in [2.45, 2.75) is 31.7 Å². The number of hydrogen-bond donors (Lipinski definition) is 1. The summed E-state index contributed by atoms with van der Waals surface area (Å²) >= 11 is 0. The highest BCUT2D eigenvalue weighted by Gasteiger charge is 2.21. The highest BCUT2D eigenvalue weighted by molar-refractivity contribution is 5.93. The van der Waals surface area contributed by atoms with Crippen LogP contribution >= 0.6 is 0 Å². The quantitative estimate of drug-likeness (QED) is 0.687. The van der Waals surface area contributed by atoms with E-state index in [1.807, 2.05) is 0 Å². The van der Waals surface area contributed by atoms with E-state index >= 15 is 0 Å². The molecule has 78 valence electrons. The van der Waals surface area contributed by atoms with Crippen LogP contribution in [0.15, 0.2) is 12.2 Å². The van der Waals surface area contributed by atoms with Crippen LogP contribution in [0.4, 0.5) is 0 Å². The monoisotopic (exact) mass is 197 g/mol. The second kappa shape index (κ2) is 4.79. The van der Waals surface area contributed by atoms with E-state index in [2.05, 4.69) is 0 Å². The van der Waals surface area contributed by atoms with Gasteiger partial charge in [-0.3, -0.25) is 4.79 Å². The van der Waals surface area contributed by atoms with Crippen molar-refractivity contribution in [3.05, 3.63) is 12.2 Å². The van der Waals surface area contributed by atoms with Gasteiger partial charge < -0.3 is 10.0 Å². The molecule has 0 spiro atoms. The summed E-state index contributed by atoms with van der Waals surface area (Å²) in [6.07, 6.45) is 6.37. The standard InChI is InChI=1S/C10H15NO3/c1-11(8-4-2-3-5-8)9(12)6-7-10(13)14/h6-8H,2-5H2,1H3,(H,13,14)/b7-6+. The average Bonchev–Trinajstić information content (AvgIpc) is 2.65. The van der Waals surface area contributed by atoms with Gasteiger partial charge in [0, 0.05) is 25.2 Å². The van der Waals surface area contributed by atoms with Crippen LogP contribution in [0.3, 0.4) is 0 Å². The van der Waals surface area contributed by atoms with Crippen molar-refractivity contribution in [2.24, 2.45) is 0 Å². The Morgan fingerprint density at radius 2 is 1.86 bits per heavy atom. The molecule has 0 unspecified atom stereocenters. The highest BCUT2D eigenvalue weighted by Crippen LogP contribution is 2.22. The number of carboxylic acid groups (broad SMARTS) is 1. The van der Waals surface area contributed by atoms with Crippen LogP contribution in [0.2, 0.25) is 0 Å². The van der Waals surface area contributed by atoms with E-state index < -0.39 is 5.97 Å². The second-order valence-electron chi connectivity index (χ2n) is 3.56. The molecule has 0 aromatic heterocycles. The first kappa shape index (κ1) is 10.8. The van der Waals surface area contributed by atoms with E-state index in [9.17, 15) is 9.59 Å². The molecule has 4 heteroatoms. The maximum atomic E-state index is 11.4. The molecule has 0 atom stereocenters. The lowest BCUT2D eigenvalue weighted by molar-refractivity contribution is -0.132. The third kappa shape index (κ3) is 2.87. The van der Waals surface area contributed by atoms with Gasteiger partial charge in [0.1, 0.15) is 0 Å². The summed E-state index contributed by atoms with van der Waals surface area (Å²) in [5.74, 6) is -1.31. The van der Waals surface area contributed by atoms with E-state index in [1.165, 1.54) is 0 Å². The van der Waals surface area contributed by atoms with Gasteiger partial charge in [0.2, 0.25) is 5.91 Å². The van der Waals surface area contributed by atoms with Crippen molar-refractivity contribution in [1.29, 1.82) is 0 Å². The molecular weight excluding hydrogens is 182 g/mol. The van der Waals surface area contributed by atoms with Crippen LogP contribution in [-0.4, -0.2) is 35.0 Å². The van der Waals surface area contributed by atoms with Gasteiger partial charge in [-0.25, -0.2) is 4.79 Å². The van der Waals surface area contributed by atoms with Crippen molar-refractivity contribution in [3.8, 4) is 0 Å². The first-order valence-electron chi connectivity index (χ1n) is 4.79. The zero-order valence-corrected chi connectivity index (χ0v) is 8.27. The molecule has 1 amide bonds. The van der Waals surface area contributed by atoms with Crippen LogP contribution in [0, 0.1) is 0 Å². The minimum atomic E-state index is -1.09. The molecule has 4 nitrogen and oxygen atoms in total. The summed E-state index contributed by atoms with van der Waals surface area (Å²) in [4.78, 5) is 23.2. The predicted octanol–water partition coefficient (Wildman–Crippen LogP) is 1.03. The zero-order valence-electron chi connectivity index (χ0n) is 8.27. The summed E-state index contributed by atoms with van der Waals surface area (Å²) in [6.45, 7) is 0. The van der Waals surface area contributed by atoms with Gasteiger partial charge >= 0.3 is 5.97 Å². The minimum Gasteiger partial charge on any atom is -0.478 e. The highest BCUT2D eigenvalue weighted by atomic mass is 16.4. The molecule has 14 heavy (non-hydrogen) atoms. The molecule has 1 aliphatic carbocycles. The number of carboxylic acids is 1. The number of likely N-dealkylation sites (N-methyl/N-ethyl adjacent to an activating group) is 1. The zero-order chi connectivity index (χ0) is 10.6. The molecule has 1 rings (SSSR count). The second-order valence-corrected chi connectivity index (χ2v) is 3.56. The molecule has 0 radical (unpaired) electrons. The van der Waals surface area contributed by atoms with Crippen molar-refractivity contribution in [1.82, 2.24) is 4.90 Å². The Balaban J connectivity index is 2.47. The SMILES string of the molecule is CN(C(=O)/C=C/C(=O)O)C1CCCC1. The summed E-state index contributed by atoms with van der Waals surface area (Å²) < 4.78 is 0. The third-order valence-corrected chi connectivity index (χ3v) is 2.59. The fourth-order valence-corrected chi connectivity index (χ4v) is 1.73. The van der Waals surface area contributed by atoms with E-state index in [-0.39, 0.29) is 5.91 Å². The normalized spacial score (nSPS) is 17.5. The predicted molar refractivity (Wildman–Crippen MR) is 51.8 cm³/mol. The molecule has 1 N–H and O–H groups in total. The number of nitrogens with zero attached hydrogens (tertiary/aromatic N) is 1. The molecule has 1 aliphatic rings. The number of aliphatic carboxylic acids is 1. The first-order chi connectivity index (χ1) is 6.61. The lowest BCUT2D eigenvalue weighted by Crippen LogP contribution is -2.33. The summed E-state index contributed by atoms with van der Waals surface area (Å²) in [5.41, 5.74) is 0. The summed E-state index contributed by atoms with van der Waals surface area (Å²) in [7, 11) is 1.73. The Labute approximate surface area is 83.2 Å². The van der Waals surface area contributed by atoms with Crippen LogP contribution in [0.25, 0.3) is 0 Å². The molecule has 0 aromatic rings. The molecule has 0 aliphatic heterocycles. The lowest BCUT2D eigenvalue weighted by atomic mass is 10.2. The molecule has 0 heterocycles. The van der Waals surface area contributed by atoms with E-state index in [1.54, 1.807) is 11.9 Å². The first-order valence-corrected chi connectivity index (χ1v) is 4.79. The van der Waals surface area contributed by atoms with Gasteiger partial charge in [-0.15, -0.1) is 0 Å². The van der Waals surface area contributed by atoms with Crippen LogP contribution in [-0.2, 0) is 9.59 Å². The number of rotatable bonds is 3. The molecule has 0 bridgehead atoms. The van der Waals surface area contributed by atoms with Gasteiger partial charge in [0.15, 0.2) is 0 Å². The molecule has 0 saturated heterocycles. The van der Waals surface area contributed by atoms with Crippen molar-refractivity contribution < 1.29 is 14.7 Å². The van der Waals surface area contributed by atoms with Gasteiger partial charge in [-0.05, 0) is 12.8 Å². The van der Waals surface area contributed by atoms with Crippen molar-refractivity contribution in [3.63, 3.8) is 0 Å². The Bertz CT molecular complexity index is 254. The Morgan fingerprint density at radius 3 is 2.36 bits per heavy atom. The Kier molecular flexibility index (Phi) is 3.68. The summed E-state index contributed by atoms with van der Waals surface area (Å²) in [5, 5.41) is 8.35. The number of carbonyl (C=O) groups excluding carboxylic acids is 1. The Hall–Kier alpha value is -1.32. The Morgan fingerprint density at radius 1 is 1.29 bits per heavy atom. The van der Waals surface area contributed by atoms with Gasteiger partial charge in [-0.2, -0.15) is 0 Å². The largest absolute Gasteiger partial charge is 0.478 e. The maximum absolute atomic E-state index is 11.4. The van der Waals surface area contributed by atoms with Gasteiger partial charge in [0.05, 0.1) is 0 Å². The van der Waals surface area contributed by atoms with E-state index in [0.29, 0.717) is 6.04 Å². The van der Waals surface area contributed by atoms with E-state index in [4.69, 9.17) is 5.11 Å². The minimum absolute atomic E-state index is 0.223. The van der Waals surface area contributed by atoms with Crippen LogP contribution in [0.1, 0.15) is 25.7 Å².